The molecular formula is C54H66O4Si4. The highest BCUT2D eigenvalue weighted by Crippen LogP contribution is 2.42. The maximum Gasteiger partial charge on any atom is 0.250 e. The molecule has 0 unspecified atom stereocenters. The van der Waals surface area contributed by atoms with E-state index in [4.69, 9.17) is 17.7 Å². The lowest BCUT2D eigenvalue weighted by molar-refractivity contribution is 0.474. The lowest BCUT2D eigenvalue weighted by Gasteiger charge is -2.38. The first-order valence-electron chi connectivity index (χ1n) is 20.8. The molecule has 0 amide bonds. The molecule has 0 aromatic heterocycles. The van der Waals surface area contributed by atoms with Crippen LogP contribution in [0.15, 0.2) is 36.4 Å². The highest BCUT2D eigenvalue weighted by Gasteiger charge is 2.42. The Kier molecular flexibility index (Phi) is 17.9. The fraction of sp³-hybridized carbons (Fsp3) is 0.444. The fourth-order valence-electron chi connectivity index (χ4n) is 3.96. The fourth-order valence-corrected chi connectivity index (χ4v) is 8.01. The molecular weight excluding hydrogens is 825 g/mol. The Hall–Kier alpha value is -5.45. The first kappa shape index (κ1) is 52.7. The van der Waals surface area contributed by atoms with Crippen molar-refractivity contribution in [2.45, 2.75) is 156 Å². The van der Waals surface area contributed by atoms with Crippen molar-refractivity contribution in [3.8, 4) is 130 Å². The molecule has 0 heterocycles. The summed E-state index contributed by atoms with van der Waals surface area (Å²) in [6, 6.07) is 11.8. The van der Waals surface area contributed by atoms with Crippen LogP contribution in [0.5, 0.6) is 23.0 Å². The van der Waals surface area contributed by atoms with E-state index < -0.39 is 33.3 Å². The Morgan fingerprint density at radius 3 is 0.597 bits per heavy atom. The SMILES string of the molecule is CC(C)(C)[Si](C)(C)Oc1cc(C#CC#CC#CC#CC#CC#CC#CC#CC#Cc2cc(O[Si](C)(C)C(C)(C)C)cc(O[Si](C)(C)C(C)(C)C)c2)cc(O[Si](C)(C)C(C)(C)C)c1. The van der Waals surface area contributed by atoms with Crippen molar-refractivity contribution in [1.29, 1.82) is 0 Å². The maximum absolute atomic E-state index is 6.63. The molecule has 0 spiro atoms. The molecule has 8 heteroatoms. The summed E-state index contributed by atoms with van der Waals surface area (Å²) >= 11 is 0. The van der Waals surface area contributed by atoms with Crippen molar-refractivity contribution in [3.05, 3.63) is 47.5 Å². The second-order valence-electron chi connectivity index (χ2n) is 21.1. The van der Waals surface area contributed by atoms with E-state index in [9.17, 15) is 0 Å². The summed E-state index contributed by atoms with van der Waals surface area (Å²) in [6.07, 6.45) is 0. The molecule has 0 aliphatic heterocycles. The highest BCUT2D eigenvalue weighted by molar-refractivity contribution is 6.76. The monoisotopic (exact) mass is 890 g/mol. The van der Waals surface area contributed by atoms with Crippen molar-refractivity contribution < 1.29 is 17.7 Å². The largest absolute Gasteiger partial charge is 0.543 e. The summed E-state index contributed by atoms with van der Waals surface area (Å²) in [7, 11) is -8.32. The van der Waals surface area contributed by atoms with Crippen molar-refractivity contribution >= 4 is 33.3 Å². The Morgan fingerprint density at radius 2 is 0.435 bits per heavy atom. The normalized spacial score (nSPS) is 11.4. The quantitative estimate of drug-likeness (QED) is 0.195. The van der Waals surface area contributed by atoms with Gasteiger partial charge < -0.3 is 17.7 Å². The van der Waals surface area contributed by atoms with Crippen LogP contribution in [0, 0.1) is 107 Å². The molecule has 0 saturated heterocycles. The minimum atomic E-state index is -2.08. The van der Waals surface area contributed by atoms with Crippen LogP contribution in [0.2, 0.25) is 72.5 Å². The summed E-state index contributed by atoms with van der Waals surface area (Å²) in [4.78, 5) is 0. The third-order valence-corrected chi connectivity index (χ3v) is 29.3. The van der Waals surface area contributed by atoms with Crippen molar-refractivity contribution in [1.82, 2.24) is 0 Å². The summed E-state index contributed by atoms with van der Waals surface area (Å²) in [5, 5.41) is 0.195. The number of benzene rings is 2. The van der Waals surface area contributed by atoms with Crippen LogP contribution < -0.4 is 17.7 Å². The van der Waals surface area contributed by atoms with Gasteiger partial charge in [-0.05, 0) is 192 Å². The van der Waals surface area contributed by atoms with E-state index in [0.717, 1.165) is 34.1 Å². The van der Waals surface area contributed by atoms with Gasteiger partial charge in [0.05, 0.1) is 0 Å². The van der Waals surface area contributed by atoms with Crippen molar-refractivity contribution in [2.75, 3.05) is 0 Å². The van der Waals surface area contributed by atoms with Gasteiger partial charge in [0.25, 0.3) is 0 Å². The lowest BCUT2D eigenvalue weighted by Crippen LogP contribution is -2.44. The predicted molar refractivity (Wildman–Crippen MR) is 272 cm³/mol. The zero-order valence-electron chi connectivity index (χ0n) is 41.1. The molecule has 322 valence electrons. The number of hydrogen-bond acceptors (Lipinski definition) is 4. The number of rotatable bonds is 8. The topological polar surface area (TPSA) is 36.9 Å². The molecule has 0 atom stereocenters. The predicted octanol–water partition coefficient (Wildman–Crippen LogP) is 12.6. The first-order valence-corrected chi connectivity index (χ1v) is 32.5. The van der Waals surface area contributed by atoms with Gasteiger partial charge in [-0.25, -0.2) is 0 Å². The molecule has 2 aromatic rings. The Labute approximate surface area is 381 Å². The summed E-state index contributed by atoms with van der Waals surface area (Å²) in [5.41, 5.74) is 1.54. The first-order chi connectivity index (χ1) is 28.3. The summed E-state index contributed by atoms with van der Waals surface area (Å²) in [6.45, 7) is 44.5. The molecule has 0 radical (unpaired) electrons. The minimum Gasteiger partial charge on any atom is -0.543 e. The van der Waals surface area contributed by atoms with Crippen molar-refractivity contribution in [3.63, 3.8) is 0 Å². The third-order valence-electron chi connectivity index (χ3n) is 11.8. The summed E-state index contributed by atoms with van der Waals surface area (Å²) in [5.74, 6) is 52.6. The van der Waals surface area contributed by atoms with Gasteiger partial charge in [0.15, 0.2) is 0 Å². The third kappa shape index (κ3) is 17.1. The average molecular weight is 891 g/mol. The zero-order valence-corrected chi connectivity index (χ0v) is 45.1. The van der Waals surface area contributed by atoms with Gasteiger partial charge in [-0.2, -0.15) is 0 Å². The van der Waals surface area contributed by atoms with Gasteiger partial charge in [-0.3, -0.25) is 0 Å². The van der Waals surface area contributed by atoms with E-state index in [1.54, 1.807) is 0 Å². The Balaban J connectivity index is 2.15. The minimum absolute atomic E-state index is 0.0486. The second-order valence-corrected chi connectivity index (χ2v) is 40.0. The molecule has 4 nitrogen and oxygen atoms in total. The van der Waals surface area contributed by atoms with Crippen LogP contribution in [0.25, 0.3) is 0 Å². The molecule has 0 aliphatic rings. The van der Waals surface area contributed by atoms with Crippen molar-refractivity contribution in [2.24, 2.45) is 0 Å². The molecule has 0 N–H and O–H groups in total. The molecule has 0 bridgehead atoms. The standard InChI is InChI=1S/C54H66O4Si4/c1-51(2,3)59(13,14)55-47-39-45(40-48(43-47)56-60(15,16)52(4,5)6)37-35-33-31-29-27-25-23-21-22-24-26-28-30-32-34-36-38-46-41-49(57-61(17,18)53(7,8)9)44-50(42-46)58-62(19,20)54(10,11)12/h39-44H,1-20H3. The van der Waals surface area contributed by atoms with Gasteiger partial charge in [0.1, 0.15) is 23.0 Å². The summed E-state index contributed by atoms with van der Waals surface area (Å²) < 4.78 is 26.5. The van der Waals surface area contributed by atoms with E-state index >= 15 is 0 Å². The van der Waals surface area contributed by atoms with Crippen LogP contribution in [0.1, 0.15) is 94.2 Å². The highest BCUT2D eigenvalue weighted by atomic mass is 28.4. The second kappa shape index (κ2) is 21.1. The molecule has 2 aromatic carbocycles. The van der Waals surface area contributed by atoms with E-state index in [2.05, 4.69) is 242 Å². The molecule has 2 rings (SSSR count). The van der Waals surface area contributed by atoms with Gasteiger partial charge in [-0.15, -0.1) is 0 Å². The number of hydrogen-bond donors (Lipinski definition) is 0. The molecule has 0 saturated carbocycles. The smallest absolute Gasteiger partial charge is 0.250 e. The van der Waals surface area contributed by atoms with E-state index in [0.29, 0.717) is 0 Å². The zero-order chi connectivity index (χ0) is 47.3. The van der Waals surface area contributed by atoms with Crippen LogP contribution >= 0.6 is 0 Å². The van der Waals surface area contributed by atoms with E-state index in [1.807, 2.05) is 36.4 Å². The van der Waals surface area contributed by atoms with E-state index in [1.165, 1.54) is 0 Å². The van der Waals surface area contributed by atoms with Crippen LogP contribution in [0.4, 0.5) is 0 Å². The molecule has 0 aliphatic carbocycles. The van der Waals surface area contributed by atoms with Crippen LogP contribution in [0.3, 0.4) is 0 Å². The Morgan fingerprint density at radius 1 is 0.274 bits per heavy atom. The lowest BCUT2D eigenvalue weighted by atomic mass is 10.2. The maximum atomic E-state index is 6.63. The molecule has 0 fully saturated rings. The van der Waals surface area contributed by atoms with Gasteiger partial charge >= 0.3 is 0 Å². The van der Waals surface area contributed by atoms with Gasteiger partial charge in [-0.1, -0.05) is 94.9 Å². The Bertz CT molecular complexity index is 2290. The van der Waals surface area contributed by atoms with Crippen LogP contribution in [-0.2, 0) is 0 Å². The van der Waals surface area contributed by atoms with Gasteiger partial charge in [0, 0.05) is 23.3 Å². The van der Waals surface area contributed by atoms with Crippen LogP contribution in [-0.4, -0.2) is 33.3 Å². The van der Waals surface area contributed by atoms with E-state index in [-0.39, 0.29) is 20.2 Å². The average Bonchev–Trinajstić information content (AvgIpc) is 3.08. The molecule has 62 heavy (non-hydrogen) atoms. The van der Waals surface area contributed by atoms with Gasteiger partial charge in [0.2, 0.25) is 33.3 Å².